The zero-order valence-corrected chi connectivity index (χ0v) is 10.0. The highest BCUT2D eigenvalue weighted by molar-refractivity contribution is 7.17. The predicted molar refractivity (Wildman–Crippen MR) is 69.8 cm³/mol. The second kappa shape index (κ2) is 4.19. The Hall–Kier alpha value is -2.27. The van der Waals surface area contributed by atoms with Gasteiger partial charge in [-0.2, -0.15) is 0 Å². The summed E-state index contributed by atoms with van der Waals surface area (Å²) < 4.78 is 1.09. The molecule has 3 aromatic heterocycles. The summed E-state index contributed by atoms with van der Waals surface area (Å²) in [4.78, 5) is 19.2. The van der Waals surface area contributed by atoms with Gasteiger partial charge in [0.15, 0.2) is 0 Å². The lowest BCUT2D eigenvalue weighted by Gasteiger charge is -2.03. The third kappa shape index (κ3) is 1.65. The second-order valence-corrected chi connectivity index (χ2v) is 4.66. The van der Waals surface area contributed by atoms with E-state index >= 15 is 0 Å². The molecule has 3 heterocycles. The van der Waals surface area contributed by atoms with E-state index in [0.717, 1.165) is 15.6 Å². The first-order valence-electron chi connectivity index (χ1n) is 5.26. The molecule has 0 unspecified atom stereocenters. The Balaban J connectivity index is 2.30. The summed E-state index contributed by atoms with van der Waals surface area (Å²) in [5.74, 6) is -0.971. The number of carboxylic acid groups (broad SMARTS) is 1. The van der Waals surface area contributed by atoms with Crippen LogP contribution in [-0.2, 0) is 0 Å². The fraction of sp³-hybridized carbons (Fsp3) is 0. The van der Waals surface area contributed by atoms with Crippen molar-refractivity contribution in [2.75, 3.05) is 0 Å². The van der Waals surface area contributed by atoms with Crippen molar-refractivity contribution in [3.63, 3.8) is 0 Å². The van der Waals surface area contributed by atoms with Crippen LogP contribution in [0.5, 0.6) is 0 Å². The van der Waals surface area contributed by atoms with Crippen molar-refractivity contribution in [1.82, 2.24) is 9.97 Å². The molecule has 0 spiro atoms. The van der Waals surface area contributed by atoms with E-state index in [4.69, 9.17) is 0 Å². The van der Waals surface area contributed by atoms with Gasteiger partial charge in [-0.25, -0.2) is 4.79 Å². The largest absolute Gasteiger partial charge is 0.478 e. The molecule has 0 saturated heterocycles. The summed E-state index contributed by atoms with van der Waals surface area (Å²) in [5, 5.41) is 12.1. The predicted octanol–water partition coefficient (Wildman–Crippen LogP) is 3.06. The van der Waals surface area contributed by atoms with Gasteiger partial charge < -0.3 is 5.11 Å². The number of hydrogen-bond acceptors (Lipinski definition) is 4. The molecule has 3 rings (SSSR count). The van der Waals surface area contributed by atoms with Crippen LogP contribution < -0.4 is 0 Å². The van der Waals surface area contributed by atoms with E-state index in [1.54, 1.807) is 36.0 Å². The Morgan fingerprint density at radius 3 is 2.72 bits per heavy atom. The minimum absolute atomic E-state index is 0.209. The lowest BCUT2D eigenvalue weighted by molar-refractivity contribution is 0.0697. The third-order valence-electron chi connectivity index (χ3n) is 2.72. The van der Waals surface area contributed by atoms with E-state index in [0.29, 0.717) is 5.56 Å². The van der Waals surface area contributed by atoms with Crippen LogP contribution in [0.3, 0.4) is 0 Å². The fourth-order valence-electron chi connectivity index (χ4n) is 1.88. The lowest BCUT2D eigenvalue weighted by Crippen LogP contribution is -1.99. The van der Waals surface area contributed by atoms with Gasteiger partial charge in [0.1, 0.15) is 0 Å². The van der Waals surface area contributed by atoms with Gasteiger partial charge >= 0.3 is 5.97 Å². The summed E-state index contributed by atoms with van der Waals surface area (Å²) in [6, 6.07) is 3.64. The van der Waals surface area contributed by atoms with Crippen LogP contribution in [0.4, 0.5) is 0 Å². The van der Waals surface area contributed by atoms with E-state index in [1.807, 2.05) is 11.4 Å². The molecule has 1 N–H and O–H groups in total. The first-order valence-corrected chi connectivity index (χ1v) is 6.14. The van der Waals surface area contributed by atoms with Crippen LogP contribution in [0.2, 0.25) is 0 Å². The molecule has 0 aliphatic rings. The van der Waals surface area contributed by atoms with Crippen molar-refractivity contribution in [1.29, 1.82) is 0 Å². The molecule has 0 aliphatic carbocycles. The van der Waals surface area contributed by atoms with Gasteiger partial charge in [0.25, 0.3) is 0 Å². The molecular formula is C13H8N2O2S. The topological polar surface area (TPSA) is 63.1 Å². The van der Waals surface area contributed by atoms with Crippen LogP contribution >= 0.6 is 11.3 Å². The molecule has 18 heavy (non-hydrogen) atoms. The average Bonchev–Trinajstić information content (AvgIpc) is 2.82. The number of carbonyl (C=O) groups is 1. The molecule has 0 aromatic carbocycles. The molecule has 0 aliphatic heterocycles. The Morgan fingerprint density at radius 1 is 1.11 bits per heavy atom. The van der Waals surface area contributed by atoms with Crippen LogP contribution in [0.1, 0.15) is 10.4 Å². The standard InChI is InChI=1S/C13H8N2O2S/c16-13(17)10-6-14-3-1-8(10)11-7-18-12-2-4-15-5-9(11)12/h1-7H,(H,16,17). The maximum atomic E-state index is 11.2. The highest BCUT2D eigenvalue weighted by Gasteiger charge is 2.14. The van der Waals surface area contributed by atoms with Crippen molar-refractivity contribution >= 4 is 27.4 Å². The maximum Gasteiger partial charge on any atom is 0.337 e. The van der Waals surface area contributed by atoms with Gasteiger partial charge in [-0.15, -0.1) is 11.3 Å². The van der Waals surface area contributed by atoms with E-state index in [-0.39, 0.29) is 5.56 Å². The van der Waals surface area contributed by atoms with Crippen LogP contribution in [-0.4, -0.2) is 21.0 Å². The van der Waals surface area contributed by atoms with Crippen molar-refractivity contribution in [2.45, 2.75) is 0 Å². The first kappa shape index (κ1) is 10.9. The summed E-state index contributed by atoms with van der Waals surface area (Å²) in [7, 11) is 0. The Kier molecular flexibility index (Phi) is 2.53. The summed E-state index contributed by atoms with van der Waals surface area (Å²) in [6.07, 6.45) is 6.46. The molecule has 0 radical (unpaired) electrons. The molecule has 3 aromatic rings. The number of aromatic nitrogens is 2. The molecule has 0 fully saturated rings. The van der Waals surface area contributed by atoms with Crippen LogP contribution in [0.25, 0.3) is 21.2 Å². The number of pyridine rings is 2. The summed E-state index contributed by atoms with van der Waals surface area (Å²) in [6.45, 7) is 0. The molecule has 4 nitrogen and oxygen atoms in total. The van der Waals surface area contributed by atoms with Gasteiger partial charge in [-0.05, 0) is 17.5 Å². The molecule has 0 atom stereocenters. The number of rotatable bonds is 2. The molecule has 0 amide bonds. The number of nitrogens with zero attached hydrogens (tertiary/aromatic N) is 2. The van der Waals surface area contributed by atoms with Gasteiger partial charge in [-0.3, -0.25) is 9.97 Å². The molecule has 0 saturated carbocycles. The number of fused-ring (bicyclic) bond motifs is 1. The minimum atomic E-state index is -0.971. The SMILES string of the molecule is O=C(O)c1cnccc1-c1csc2ccncc12. The van der Waals surface area contributed by atoms with E-state index in [9.17, 15) is 9.90 Å². The number of thiophene rings is 1. The highest BCUT2D eigenvalue weighted by atomic mass is 32.1. The first-order chi connectivity index (χ1) is 8.77. The molecular weight excluding hydrogens is 248 g/mol. The van der Waals surface area contributed by atoms with Gasteiger partial charge in [0.05, 0.1) is 5.56 Å². The van der Waals surface area contributed by atoms with Crippen molar-refractivity contribution < 1.29 is 9.90 Å². The van der Waals surface area contributed by atoms with Crippen LogP contribution in [0, 0.1) is 0 Å². The third-order valence-corrected chi connectivity index (χ3v) is 3.68. The van der Waals surface area contributed by atoms with E-state index < -0.39 is 5.97 Å². The summed E-state index contributed by atoms with van der Waals surface area (Å²) in [5.41, 5.74) is 1.78. The van der Waals surface area contributed by atoms with Crippen molar-refractivity contribution in [3.8, 4) is 11.1 Å². The van der Waals surface area contributed by atoms with Crippen LogP contribution in [0.15, 0.2) is 42.3 Å². The number of hydrogen-bond donors (Lipinski definition) is 1. The monoisotopic (exact) mass is 256 g/mol. The second-order valence-electron chi connectivity index (χ2n) is 3.75. The normalized spacial score (nSPS) is 10.7. The molecule has 88 valence electrons. The van der Waals surface area contributed by atoms with Gasteiger partial charge in [0, 0.05) is 46.0 Å². The lowest BCUT2D eigenvalue weighted by atomic mass is 10.0. The zero-order valence-electron chi connectivity index (χ0n) is 9.20. The minimum Gasteiger partial charge on any atom is -0.478 e. The Labute approximate surface area is 107 Å². The molecule has 5 heteroatoms. The molecule has 0 bridgehead atoms. The Morgan fingerprint density at radius 2 is 1.89 bits per heavy atom. The van der Waals surface area contributed by atoms with Gasteiger partial charge in [0.2, 0.25) is 0 Å². The Bertz CT molecular complexity index is 736. The smallest absolute Gasteiger partial charge is 0.337 e. The quantitative estimate of drug-likeness (QED) is 0.765. The highest BCUT2D eigenvalue weighted by Crippen LogP contribution is 2.34. The van der Waals surface area contributed by atoms with E-state index in [2.05, 4.69) is 9.97 Å². The average molecular weight is 256 g/mol. The fourth-order valence-corrected chi connectivity index (χ4v) is 2.81. The maximum absolute atomic E-state index is 11.2. The number of carboxylic acids is 1. The van der Waals surface area contributed by atoms with Gasteiger partial charge in [-0.1, -0.05) is 0 Å². The van der Waals surface area contributed by atoms with Crippen molar-refractivity contribution in [3.05, 3.63) is 47.9 Å². The van der Waals surface area contributed by atoms with E-state index in [1.165, 1.54) is 6.20 Å². The summed E-state index contributed by atoms with van der Waals surface area (Å²) >= 11 is 1.58. The zero-order chi connectivity index (χ0) is 12.5. The number of aromatic carboxylic acids is 1. The van der Waals surface area contributed by atoms with Crippen molar-refractivity contribution in [2.24, 2.45) is 0 Å².